The number of nitrogens with zero attached hydrogens (tertiary/aromatic N) is 1. The third-order valence-electron chi connectivity index (χ3n) is 7.06. The lowest BCUT2D eigenvalue weighted by molar-refractivity contribution is -0.142. The van der Waals surface area contributed by atoms with Crippen LogP contribution in [0.5, 0.6) is 0 Å². The van der Waals surface area contributed by atoms with Crippen molar-refractivity contribution in [1.82, 2.24) is 10.2 Å². The molecule has 4 atom stereocenters. The molecule has 4 unspecified atom stereocenters. The standard InChI is InChI=1S/C25H27N3O3S/c1-15-8-9-18-17(14-15)25(24(31)26-18)21-20(19(27-25)11-13-32-2)22(29)28(23(21)30)12-10-16-6-4-3-5-7-16/h3-9,14,19-21,27H,10-13H2,1-2H3,(H,26,31). The molecule has 2 aromatic carbocycles. The van der Waals surface area contributed by atoms with Gasteiger partial charge in [0.05, 0.1) is 11.8 Å². The maximum atomic E-state index is 13.7. The van der Waals surface area contributed by atoms with E-state index in [1.165, 1.54) is 4.90 Å². The summed E-state index contributed by atoms with van der Waals surface area (Å²) in [5.41, 5.74) is 2.42. The highest BCUT2D eigenvalue weighted by Crippen LogP contribution is 2.53. The Hall–Kier alpha value is -2.64. The Balaban J connectivity index is 1.53. The van der Waals surface area contributed by atoms with Crippen molar-refractivity contribution >= 4 is 35.2 Å². The minimum Gasteiger partial charge on any atom is -0.324 e. The van der Waals surface area contributed by atoms with Gasteiger partial charge in [0.15, 0.2) is 0 Å². The van der Waals surface area contributed by atoms with E-state index < -0.39 is 17.4 Å². The van der Waals surface area contributed by atoms with E-state index in [0.717, 1.165) is 34.6 Å². The Morgan fingerprint density at radius 1 is 1.06 bits per heavy atom. The highest BCUT2D eigenvalue weighted by Gasteiger charge is 2.70. The number of hydrogen-bond donors (Lipinski definition) is 2. The van der Waals surface area contributed by atoms with E-state index in [9.17, 15) is 14.4 Å². The smallest absolute Gasteiger partial charge is 0.250 e. The molecule has 0 aliphatic carbocycles. The first-order valence-corrected chi connectivity index (χ1v) is 12.4. The molecule has 6 nitrogen and oxygen atoms in total. The van der Waals surface area contributed by atoms with Crippen LogP contribution in [0.3, 0.4) is 0 Å². The quantitative estimate of drug-likeness (QED) is 0.663. The van der Waals surface area contributed by atoms with Gasteiger partial charge in [0.25, 0.3) is 0 Å². The molecule has 3 aliphatic heterocycles. The highest BCUT2D eigenvalue weighted by molar-refractivity contribution is 7.98. The second-order valence-corrected chi connectivity index (χ2v) is 9.90. The van der Waals surface area contributed by atoms with Crippen molar-refractivity contribution in [2.45, 2.75) is 31.3 Å². The van der Waals surface area contributed by atoms with Gasteiger partial charge < -0.3 is 5.32 Å². The first kappa shape index (κ1) is 21.2. The lowest BCUT2D eigenvalue weighted by Gasteiger charge is -2.29. The van der Waals surface area contributed by atoms with Gasteiger partial charge in [-0.2, -0.15) is 11.8 Å². The van der Waals surface area contributed by atoms with Crippen LogP contribution in [0.15, 0.2) is 48.5 Å². The molecule has 2 aromatic rings. The lowest BCUT2D eigenvalue weighted by atomic mass is 9.76. The Morgan fingerprint density at radius 2 is 1.84 bits per heavy atom. The molecule has 3 heterocycles. The van der Waals surface area contributed by atoms with Crippen LogP contribution in [-0.4, -0.2) is 47.2 Å². The molecule has 0 radical (unpaired) electrons. The fraction of sp³-hybridized carbons (Fsp3) is 0.400. The Kier molecular flexibility index (Phi) is 5.34. The van der Waals surface area contributed by atoms with Crippen molar-refractivity contribution in [2.75, 3.05) is 23.9 Å². The molecular formula is C25H27N3O3S. The minimum atomic E-state index is -1.19. The molecule has 0 aromatic heterocycles. The molecule has 32 heavy (non-hydrogen) atoms. The molecule has 2 fully saturated rings. The van der Waals surface area contributed by atoms with Crippen molar-refractivity contribution in [3.05, 3.63) is 65.2 Å². The van der Waals surface area contributed by atoms with Crippen molar-refractivity contribution in [3.63, 3.8) is 0 Å². The van der Waals surface area contributed by atoms with Crippen LogP contribution >= 0.6 is 11.8 Å². The summed E-state index contributed by atoms with van der Waals surface area (Å²) in [6.07, 6.45) is 3.36. The summed E-state index contributed by atoms with van der Waals surface area (Å²) in [7, 11) is 0. The van der Waals surface area contributed by atoms with Crippen LogP contribution in [-0.2, 0) is 26.3 Å². The SMILES string of the molecule is CSCCC1NC2(C(=O)Nc3ccc(C)cc32)C2C(=O)N(CCc3ccccc3)C(=O)C12. The van der Waals surface area contributed by atoms with E-state index in [4.69, 9.17) is 0 Å². The first-order chi connectivity index (χ1) is 15.5. The summed E-state index contributed by atoms with van der Waals surface area (Å²) in [4.78, 5) is 42.1. The van der Waals surface area contributed by atoms with Gasteiger partial charge in [-0.1, -0.05) is 48.0 Å². The van der Waals surface area contributed by atoms with Gasteiger partial charge in [0.2, 0.25) is 17.7 Å². The van der Waals surface area contributed by atoms with E-state index in [-0.39, 0.29) is 23.8 Å². The monoisotopic (exact) mass is 449 g/mol. The first-order valence-electron chi connectivity index (χ1n) is 11.1. The van der Waals surface area contributed by atoms with E-state index in [1.807, 2.05) is 61.7 Å². The van der Waals surface area contributed by atoms with Gasteiger partial charge >= 0.3 is 0 Å². The summed E-state index contributed by atoms with van der Waals surface area (Å²) in [5, 5.41) is 6.46. The van der Waals surface area contributed by atoms with E-state index in [2.05, 4.69) is 10.6 Å². The van der Waals surface area contributed by atoms with Crippen molar-refractivity contribution in [1.29, 1.82) is 0 Å². The number of amides is 3. The van der Waals surface area contributed by atoms with Gasteiger partial charge in [-0.05, 0) is 43.4 Å². The topological polar surface area (TPSA) is 78.5 Å². The maximum absolute atomic E-state index is 13.7. The van der Waals surface area contributed by atoms with E-state index >= 15 is 0 Å². The normalized spacial score (nSPS) is 28.4. The molecule has 5 rings (SSSR count). The molecule has 3 aliphatic rings. The second kappa shape index (κ2) is 8.05. The highest BCUT2D eigenvalue weighted by atomic mass is 32.2. The van der Waals surface area contributed by atoms with E-state index in [1.54, 1.807) is 11.8 Å². The van der Waals surface area contributed by atoms with Gasteiger partial charge in [-0.15, -0.1) is 0 Å². The number of nitrogens with one attached hydrogen (secondary N) is 2. The minimum absolute atomic E-state index is 0.152. The molecule has 0 bridgehead atoms. The average molecular weight is 450 g/mol. The predicted molar refractivity (Wildman–Crippen MR) is 125 cm³/mol. The number of imide groups is 1. The summed E-state index contributed by atoms with van der Waals surface area (Å²) >= 11 is 1.70. The summed E-state index contributed by atoms with van der Waals surface area (Å²) in [6, 6.07) is 15.4. The number of anilines is 1. The van der Waals surface area contributed by atoms with Gasteiger partial charge in [0, 0.05) is 23.8 Å². The molecule has 1 spiro atoms. The van der Waals surface area contributed by atoms with E-state index in [0.29, 0.717) is 13.0 Å². The average Bonchev–Trinajstić information content (AvgIpc) is 3.37. The third kappa shape index (κ3) is 3.10. The van der Waals surface area contributed by atoms with Gasteiger partial charge in [-0.3, -0.25) is 24.6 Å². The number of rotatable bonds is 6. The second-order valence-electron chi connectivity index (χ2n) is 8.91. The zero-order valence-electron chi connectivity index (χ0n) is 18.3. The van der Waals surface area contributed by atoms with Gasteiger partial charge in [-0.25, -0.2) is 0 Å². The third-order valence-corrected chi connectivity index (χ3v) is 7.71. The number of likely N-dealkylation sites (tertiary alicyclic amines) is 1. The maximum Gasteiger partial charge on any atom is 0.250 e. The molecule has 3 amide bonds. The molecule has 7 heteroatoms. The fourth-order valence-corrected chi connectivity index (χ4v) is 6.06. The van der Waals surface area contributed by atoms with Crippen LogP contribution in [0, 0.1) is 18.8 Å². The number of aryl methyl sites for hydroxylation is 1. The van der Waals surface area contributed by atoms with Gasteiger partial charge in [0.1, 0.15) is 5.54 Å². The van der Waals surface area contributed by atoms with Crippen molar-refractivity contribution in [2.24, 2.45) is 11.8 Å². The molecule has 2 saturated heterocycles. The molecular weight excluding hydrogens is 422 g/mol. The largest absolute Gasteiger partial charge is 0.324 e. The number of fused-ring (bicyclic) bond motifs is 4. The number of hydrogen-bond acceptors (Lipinski definition) is 5. The Morgan fingerprint density at radius 3 is 2.59 bits per heavy atom. The number of carbonyl (C=O) groups is 3. The number of carbonyl (C=O) groups excluding carboxylic acids is 3. The molecule has 166 valence electrons. The Labute approximate surface area is 192 Å². The summed E-state index contributed by atoms with van der Waals surface area (Å²) < 4.78 is 0. The van der Waals surface area contributed by atoms with Crippen molar-refractivity contribution in [3.8, 4) is 0 Å². The lowest BCUT2D eigenvalue weighted by Crippen LogP contribution is -2.53. The summed E-state index contributed by atoms with van der Waals surface area (Å²) in [5.74, 6) is -1.01. The predicted octanol–water partition coefficient (Wildman–Crippen LogP) is 2.71. The van der Waals surface area contributed by atoms with Crippen molar-refractivity contribution < 1.29 is 14.4 Å². The molecule has 0 saturated carbocycles. The van der Waals surface area contributed by atoms with Crippen LogP contribution in [0.2, 0.25) is 0 Å². The Bertz CT molecular complexity index is 1090. The zero-order valence-corrected chi connectivity index (χ0v) is 19.1. The number of benzene rings is 2. The van der Waals surface area contributed by atoms with Crippen LogP contribution in [0.1, 0.15) is 23.1 Å². The fourth-order valence-electron chi connectivity index (χ4n) is 5.57. The number of thioether (sulfide) groups is 1. The summed E-state index contributed by atoms with van der Waals surface area (Å²) in [6.45, 7) is 2.31. The molecule has 2 N–H and O–H groups in total. The van der Waals surface area contributed by atoms with Crippen LogP contribution in [0.25, 0.3) is 0 Å². The van der Waals surface area contributed by atoms with Crippen LogP contribution in [0.4, 0.5) is 5.69 Å². The van der Waals surface area contributed by atoms with Crippen LogP contribution < -0.4 is 10.6 Å². The zero-order chi connectivity index (χ0) is 22.5.